The van der Waals surface area contributed by atoms with Crippen molar-refractivity contribution < 1.29 is 0 Å². The molecule has 0 bridgehead atoms. The maximum atomic E-state index is 5.51. The van der Waals surface area contributed by atoms with Crippen molar-refractivity contribution in [2.24, 2.45) is 5.73 Å². The fourth-order valence-corrected chi connectivity index (χ4v) is 3.19. The lowest BCUT2D eigenvalue weighted by molar-refractivity contribution is 0.332. The van der Waals surface area contributed by atoms with Crippen LogP contribution in [-0.2, 0) is 10.8 Å². The first-order valence-corrected chi connectivity index (χ1v) is 8.21. The molecular weight excluding hydrogens is 254 g/mol. The second-order valence-electron chi connectivity index (χ2n) is 7.58. The highest BCUT2D eigenvalue weighted by Crippen LogP contribution is 2.45. The van der Waals surface area contributed by atoms with Gasteiger partial charge in [0.1, 0.15) is 0 Å². The van der Waals surface area contributed by atoms with Crippen molar-refractivity contribution in [1.82, 2.24) is 0 Å². The molecule has 1 aliphatic carbocycles. The highest BCUT2D eigenvalue weighted by atomic mass is 14.5. The lowest BCUT2D eigenvalue weighted by Gasteiger charge is -2.41. The molecule has 0 unspecified atom stereocenters. The van der Waals surface area contributed by atoms with E-state index in [0.717, 1.165) is 31.4 Å². The van der Waals surface area contributed by atoms with E-state index in [4.69, 9.17) is 5.73 Å². The first kappa shape index (κ1) is 16.1. The van der Waals surface area contributed by atoms with Crippen LogP contribution in [-0.4, -0.2) is 6.54 Å². The van der Waals surface area contributed by atoms with Gasteiger partial charge >= 0.3 is 0 Å². The van der Waals surface area contributed by atoms with Gasteiger partial charge < -0.3 is 5.73 Å². The summed E-state index contributed by atoms with van der Waals surface area (Å²) in [7, 11) is 0. The third-order valence-corrected chi connectivity index (χ3v) is 4.84. The standard InChI is InChI=1S/C20H29N/c1-19(2)12-13-20(3,4)18-15-16(10-11-17(18)19)9-7-5-6-8-14-21/h10-11,15H,5-6,8,12-14,21H2,1-4H3. The van der Waals surface area contributed by atoms with Crippen LogP contribution in [0.5, 0.6) is 0 Å². The lowest BCUT2D eigenvalue weighted by atomic mass is 9.63. The summed E-state index contributed by atoms with van der Waals surface area (Å²) in [5, 5.41) is 0. The summed E-state index contributed by atoms with van der Waals surface area (Å²) in [6, 6.07) is 6.82. The van der Waals surface area contributed by atoms with Crippen molar-refractivity contribution in [2.45, 2.75) is 70.6 Å². The van der Waals surface area contributed by atoms with Crippen LogP contribution in [0.3, 0.4) is 0 Å². The highest BCUT2D eigenvalue weighted by Gasteiger charge is 2.36. The Morgan fingerprint density at radius 3 is 2.33 bits per heavy atom. The predicted octanol–water partition coefficient (Wildman–Crippen LogP) is 4.52. The second kappa shape index (κ2) is 6.24. The van der Waals surface area contributed by atoms with Gasteiger partial charge in [-0.3, -0.25) is 0 Å². The van der Waals surface area contributed by atoms with Crippen LogP contribution < -0.4 is 5.73 Å². The topological polar surface area (TPSA) is 26.0 Å². The normalized spacial score (nSPS) is 18.5. The van der Waals surface area contributed by atoms with E-state index in [1.165, 1.54) is 24.0 Å². The maximum Gasteiger partial charge on any atom is 0.0248 e. The number of rotatable bonds is 3. The van der Waals surface area contributed by atoms with Gasteiger partial charge in [-0.25, -0.2) is 0 Å². The number of benzene rings is 1. The maximum absolute atomic E-state index is 5.51. The lowest BCUT2D eigenvalue weighted by Crippen LogP contribution is -2.33. The molecule has 2 rings (SSSR count). The molecule has 0 saturated carbocycles. The van der Waals surface area contributed by atoms with Crippen LogP contribution in [0.15, 0.2) is 18.2 Å². The molecule has 0 amide bonds. The van der Waals surface area contributed by atoms with Gasteiger partial charge in [-0.1, -0.05) is 45.6 Å². The Morgan fingerprint density at radius 1 is 1.00 bits per heavy atom. The number of nitrogens with two attached hydrogens (primary N) is 1. The summed E-state index contributed by atoms with van der Waals surface area (Å²) < 4.78 is 0. The SMILES string of the molecule is CC1(C)CCC(C)(C)c2cc(C#CCCCCN)ccc21. The summed E-state index contributed by atoms with van der Waals surface area (Å²) in [5.41, 5.74) is 10.2. The van der Waals surface area contributed by atoms with Gasteiger partial charge in [0.25, 0.3) is 0 Å². The molecule has 0 saturated heterocycles. The zero-order valence-electron chi connectivity index (χ0n) is 14.1. The Balaban J connectivity index is 2.25. The average molecular weight is 283 g/mol. The number of fused-ring (bicyclic) bond motifs is 1. The van der Waals surface area contributed by atoms with Crippen molar-refractivity contribution in [3.8, 4) is 11.8 Å². The van der Waals surface area contributed by atoms with Crippen LogP contribution in [0.4, 0.5) is 0 Å². The first-order valence-electron chi connectivity index (χ1n) is 8.21. The minimum Gasteiger partial charge on any atom is -0.330 e. The minimum atomic E-state index is 0.266. The van der Waals surface area contributed by atoms with Gasteiger partial charge in [0, 0.05) is 12.0 Å². The van der Waals surface area contributed by atoms with Gasteiger partial charge in [0.05, 0.1) is 0 Å². The van der Waals surface area contributed by atoms with E-state index < -0.39 is 0 Å². The Kier molecular flexibility index (Phi) is 4.79. The van der Waals surface area contributed by atoms with Crippen molar-refractivity contribution >= 4 is 0 Å². The van der Waals surface area contributed by atoms with Crippen LogP contribution in [0.1, 0.15) is 76.5 Å². The van der Waals surface area contributed by atoms with Crippen LogP contribution in [0.2, 0.25) is 0 Å². The molecule has 0 aromatic heterocycles. The molecule has 1 aliphatic rings. The van der Waals surface area contributed by atoms with E-state index in [-0.39, 0.29) is 10.8 Å². The molecule has 0 fully saturated rings. The zero-order valence-corrected chi connectivity index (χ0v) is 14.1. The fraction of sp³-hybridized carbons (Fsp3) is 0.600. The Hall–Kier alpha value is -1.26. The Morgan fingerprint density at radius 2 is 1.67 bits per heavy atom. The molecule has 0 radical (unpaired) electrons. The first-order chi connectivity index (χ1) is 9.87. The molecule has 0 atom stereocenters. The monoisotopic (exact) mass is 283 g/mol. The molecule has 1 heteroatoms. The van der Waals surface area contributed by atoms with Crippen LogP contribution in [0.25, 0.3) is 0 Å². The summed E-state index contributed by atoms with van der Waals surface area (Å²) in [6.45, 7) is 10.2. The Bertz CT molecular complexity index is 555. The second-order valence-corrected chi connectivity index (χ2v) is 7.58. The molecule has 0 aliphatic heterocycles. The predicted molar refractivity (Wildman–Crippen MR) is 91.5 cm³/mol. The van der Waals surface area contributed by atoms with E-state index >= 15 is 0 Å². The molecule has 1 aromatic carbocycles. The number of hydrogen-bond donors (Lipinski definition) is 1. The third kappa shape index (κ3) is 3.69. The molecule has 2 N–H and O–H groups in total. The Labute approximate surface area is 130 Å². The molecule has 0 heterocycles. The molecule has 21 heavy (non-hydrogen) atoms. The van der Waals surface area contributed by atoms with E-state index in [2.05, 4.69) is 57.7 Å². The van der Waals surface area contributed by atoms with Gasteiger partial charge in [-0.05, 0) is 66.3 Å². The van der Waals surface area contributed by atoms with E-state index in [1.54, 1.807) is 0 Å². The molecule has 1 aromatic rings. The quantitative estimate of drug-likeness (QED) is 0.641. The van der Waals surface area contributed by atoms with E-state index in [1.807, 2.05) is 0 Å². The van der Waals surface area contributed by atoms with Crippen molar-refractivity contribution in [3.63, 3.8) is 0 Å². The summed E-state index contributed by atoms with van der Waals surface area (Å²) >= 11 is 0. The summed E-state index contributed by atoms with van der Waals surface area (Å²) in [6.07, 6.45) is 5.63. The molecular formula is C20H29N. The smallest absolute Gasteiger partial charge is 0.0248 e. The van der Waals surface area contributed by atoms with E-state index in [0.29, 0.717) is 0 Å². The van der Waals surface area contributed by atoms with Gasteiger partial charge in [-0.15, -0.1) is 0 Å². The fourth-order valence-electron chi connectivity index (χ4n) is 3.19. The summed E-state index contributed by atoms with van der Waals surface area (Å²) in [5.74, 6) is 6.61. The molecule has 114 valence electrons. The number of unbranched alkanes of at least 4 members (excludes halogenated alkanes) is 2. The number of hydrogen-bond acceptors (Lipinski definition) is 1. The van der Waals surface area contributed by atoms with Gasteiger partial charge in [0.15, 0.2) is 0 Å². The van der Waals surface area contributed by atoms with Crippen molar-refractivity contribution in [1.29, 1.82) is 0 Å². The molecule has 0 spiro atoms. The third-order valence-electron chi connectivity index (χ3n) is 4.84. The largest absolute Gasteiger partial charge is 0.330 e. The average Bonchev–Trinajstić information content (AvgIpc) is 2.44. The zero-order chi connectivity index (χ0) is 15.5. The summed E-state index contributed by atoms with van der Waals surface area (Å²) in [4.78, 5) is 0. The van der Waals surface area contributed by atoms with Crippen LogP contribution in [0, 0.1) is 11.8 Å². The van der Waals surface area contributed by atoms with E-state index in [9.17, 15) is 0 Å². The highest BCUT2D eigenvalue weighted by molar-refractivity contribution is 5.48. The minimum absolute atomic E-state index is 0.266. The molecule has 1 nitrogen and oxygen atoms in total. The van der Waals surface area contributed by atoms with Gasteiger partial charge in [-0.2, -0.15) is 0 Å². The van der Waals surface area contributed by atoms with Gasteiger partial charge in [0.2, 0.25) is 0 Å². The van der Waals surface area contributed by atoms with Crippen molar-refractivity contribution in [2.75, 3.05) is 6.54 Å². The van der Waals surface area contributed by atoms with Crippen LogP contribution >= 0.6 is 0 Å². The van der Waals surface area contributed by atoms with Crippen molar-refractivity contribution in [3.05, 3.63) is 34.9 Å².